The van der Waals surface area contributed by atoms with E-state index in [1.807, 2.05) is 4.90 Å². The number of hydrogen-bond acceptors (Lipinski definition) is 7. The Hall–Kier alpha value is -4.83. The molecule has 2 aliphatic rings. The maximum atomic E-state index is 13.5. The molecule has 10 nitrogen and oxygen atoms in total. The first kappa shape index (κ1) is 23.9. The summed E-state index contributed by atoms with van der Waals surface area (Å²) in [7, 11) is 0. The molecule has 0 bridgehead atoms. The number of nitro benzene ring substituents is 1. The summed E-state index contributed by atoms with van der Waals surface area (Å²) in [5.74, 6) is -1.62. The molecule has 4 amide bonds. The molecule has 2 saturated heterocycles. The first-order valence-corrected chi connectivity index (χ1v) is 11.6. The van der Waals surface area contributed by atoms with Gasteiger partial charge in [0.2, 0.25) is 0 Å². The topological polar surface area (TPSA) is 113 Å². The van der Waals surface area contributed by atoms with E-state index in [4.69, 9.17) is 4.74 Å². The molecule has 3 aromatic rings. The van der Waals surface area contributed by atoms with Crippen LogP contribution in [0.3, 0.4) is 0 Å². The van der Waals surface area contributed by atoms with Gasteiger partial charge in [-0.2, -0.15) is 0 Å². The van der Waals surface area contributed by atoms with Gasteiger partial charge in [-0.05, 0) is 42.0 Å². The van der Waals surface area contributed by atoms with Crippen molar-refractivity contribution in [1.29, 1.82) is 0 Å². The quantitative estimate of drug-likeness (QED) is 0.226. The van der Waals surface area contributed by atoms with E-state index in [9.17, 15) is 24.5 Å². The van der Waals surface area contributed by atoms with Crippen LogP contribution >= 0.6 is 0 Å². The minimum absolute atomic E-state index is 0.150. The summed E-state index contributed by atoms with van der Waals surface area (Å²) in [5.41, 5.74) is 0.874. The second kappa shape index (κ2) is 10.0. The number of barbiturate groups is 1. The minimum Gasteiger partial charge on any atom is -0.378 e. The molecule has 0 saturated carbocycles. The van der Waals surface area contributed by atoms with Gasteiger partial charge in [-0.15, -0.1) is 0 Å². The van der Waals surface area contributed by atoms with Gasteiger partial charge < -0.3 is 9.64 Å². The van der Waals surface area contributed by atoms with Gasteiger partial charge in [0, 0.05) is 19.2 Å². The van der Waals surface area contributed by atoms with Crippen molar-refractivity contribution in [3.05, 3.63) is 100 Å². The Kier molecular flexibility index (Phi) is 6.48. The Labute approximate surface area is 212 Å². The fraction of sp³-hybridized carbons (Fsp3) is 0.148. The molecule has 0 radical (unpaired) electrons. The van der Waals surface area contributed by atoms with Crippen molar-refractivity contribution < 1.29 is 24.0 Å². The molecule has 0 aliphatic carbocycles. The lowest BCUT2D eigenvalue weighted by Crippen LogP contribution is -2.57. The van der Waals surface area contributed by atoms with E-state index in [1.54, 1.807) is 72.8 Å². The van der Waals surface area contributed by atoms with Crippen molar-refractivity contribution in [2.45, 2.75) is 0 Å². The molecule has 0 unspecified atom stereocenters. The largest absolute Gasteiger partial charge is 0.378 e. The molecule has 0 atom stereocenters. The predicted molar refractivity (Wildman–Crippen MR) is 137 cm³/mol. The van der Waals surface area contributed by atoms with Crippen LogP contribution in [-0.4, -0.2) is 49.1 Å². The fourth-order valence-electron chi connectivity index (χ4n) is 4.35. The van der Waals surface area contributed by atoms with Crippen LogP contribution in [0.5, 0.6) is 0 Å². The van der Waals surface area contributed by atoms with E-state index in [0.29, 0.717) is 43.4 Å². The highest BCUT2D eigenvalue weighted by Gasteiger charge is 2.43. The fourth-order valence-corrected chi connectivity index (χ4v) is 4.35. The molecule has 2 fully saturated rings. The van der Waals surface area contributed by atoms with Crippen molar-refractivity contribution in [3.8, 4) is 0 Å². The highest BCUT2D eigenvalue weighted by atomic mass is 16.6. The van der Waals surface area contributed by atoms with Crippen LogP contribution in [0.2, 0.25) is 0 Å². The number of nitrogens with zero attached hydrogens (tertiary/aromatic N) is 4. The third kappa shape index (κ3) is 4.57. The summed E-state index contributed by atoms with van der Waals surface area (Å²) in [6, 6.07) is 20.3. The van der Waals surface area contributed by atoms with Crippen LogP contribution in [0, 0.1) is 10.1 Å². The molecule has 0 N–H and O–H groups in total. The number of amides is 4. The van der Waals surface area contributed by atoms with Crippen LogP contribution in [0.1, 0.15) is 5.56 Å². The van der Waals surface area contributed by atoms with Gasteiger partial charge in [0.1, 0.15) is 11.3 Å². The minimum atomic E-state index is -0.812. The number of carbonyl (C=O) groups excluding carboxylic acids is 3. The van der Waals surface area contributed by atoms with E-state index < -0.39 is 22.8 Å². The molecule has 10 heteroatoms. The average Bonchev–Trinajstić information content (AvgIpc) is 2.93. The lowest BCUT2D eigenvalue weighted by Gasteiger charge is -2.34. The van der Waals surface area contributed by atoms with Crippen molar-refractivity contribution in [2.75, 3.05) is 41.0 Å². The summed E-state index contributed by atoms with van der Waals surface area (Å²) in [6.07, 6.45) is 1.29. The zero-order valence-electron chi connectivity index (χ0n) is 19.6. The molecule has 3 aromatic carbocycles. The van der Waals surface area contributed by atoms with Gasteiger partial charge in [-0.3, -0.25) is 19.7 Å². The first-order chi connectivity index (χ1) is 18.0. The van der Waals surface area contributed by atoms with E-state index in [2.05, 4.69) is 0 Å². The number of nitro groups is 1. The highest BCUT2D eigenvalue weighted by molar-refractivity contribution is 6.46. The monoisotopic (exact) mass is 498 g/mol. The molecule has 0 aromatic heterocycles. The zero-order valence-corrected chi connectivity index (χ0v) is 19.6. The van der Waals surface area contributed by atoms with Gasteiger partial charge in [-0.25, -0.2) is 14.6 Å². The van der Waals surface area contributed by atoms with Crippen LogP contribution in [0.4, 0.5) is 27.5 Å². The maximum absolute atomic E-state index is 13.5. The smallest absolute Gasteiger partial charge is 0.343 e. The normalized spacial score (nSPS) is 16.3. The van der Waals surface area contributed by atoms with Crippen LogP contribution in [0.25, 0.3) is 6.08 Å². The molecule has 37 heavy (non-hydrogen) atoms. The molecular formula is C27H22N4O6. The standard InChI is InChI=1S/C27H22N4O6/c32-25-22(17-19-11-12-23(24(18-19)31(35)36)28-13-15-37-16-14-28)26(33)30(21-9-5-2-6-10-21)27(34)29(25)20-7-3-1-4-8-20/h1-12,17-18H,13-16H2. The Bertz CT molecular complexity index is 1340. The van der Waals surface area contributed by atoms with E-state index in [1.165, 1.54) is 12.1 Å². The van der Waals surface area contributed by atoms with Gasteiger partial charge in [0.05, 0.1) is 29.5 Å². The number of imide groups is 2. The molecule has 5 rings (SSSR count). The number of morpholine rings is 1. The van der Waals surface area contributed by atoms with Crippen molar-refractivity contribution in [2.24, 2.45) is 0 Å². The summed E-state index contributed by atoms with van der Waals surface area (Å²) in [4.78, 5) is 55.5. The van der Waals surface area contributed by atoms with Gasteiger partial charge in [0.15, 0.2) is 0 Å². The lowest BCUT2D eigenvalue weighted by molar-refractivity contribution is -0.384. The van der Waals surface area contributed by atoms with Crippen molar-refractivity contribution >= 4 is 46.7 Å². The van der Waals surface area contributed by atoms with Crippen LogP contribution in [0.15, 0.2) is 84.4 Å². The molecule has 2 aliphatic heterocycles. The van der Waals surface area contributed by atoms with Crippen molar-refractivity contribution in [1.82, 2.24) is 0 Å². The summed E-state index contributed by atoms with van der Waals surface area (Å²) < 4.78 is 5.34. The predicted octanol–water partition coefficient (Wildman–Crippen LogP) is 4.01. The summed E-state index contributed by atoms with van der Waals surface area (Å²) in [6.45, 7) is 1.95. The highest BCUT2D eigenvalue weighted by Crippen LogP contribution is 2.33. The molecule has 186 valence electrons. The number of benzene rings is 3. The Morgan fingerprint density at radius 3 is 1.84 bits per heavy atom. The Morgan fingerprint density at radius 2 is 1.32 bits per heavy atom. The Balaban J connectivity index is 1.60. The summed E-state index contributed by atoms with van der Waals surface area (Å²) >= 11 is 0. The third-order valence-corrected chi connectivity index (χ3v) is 6.14. The lowest BCUT2D eigenvalue weighted by atomic mass is 10.0. The van der Waals surface area contributed by atoms with E-state index in [-0.39, 0.29) is 16.8 Å². The molecular weight excluding hydrogens is 476 g/mol. The number of rotatable bonds is 5. The van der Waals surface area contributed by atoms with Crippen molar-refractivity contribution in [3.63, 3.8) is 0 Å². The van der Waals surface area contributed by atoms with Crippen LogP contribution < -0.4 is 14.7 Å². The number of para-hydroxylation sites is 2. The van der Waals surface area contributed by atoms with E-state index >= 15 is 0 Å². The number of carbonyl (C=O) groups is 3. The van der Waals surface area contributed by atoms with Crippen LogP contribution in [-0.2, 0) is 14.3 Å². The number of anilines is 3. The average molecular weight is 498 g/mol. The number of ether oxygens (including phenoxy) is 1. The first-order valence-electron chi connectivity index (χ1n) is 11.6. The van der Waals surface area contributed by atoms with E-state index in [0.717, 1.165) is 9.80 Å². The second-order valence-corrected chi connectivity index (χ2v) is 8.40. The maximum Gasteiger partial charge on any atom is 0.343 e. The summed E-state index contributed by atoms with van der Waals surface area (Å²) in [5, 5.41) is 11.9. The Morgan fingerprint density at radius 1 is 0.784 bits per heavy atom. The SMILES string of the molecule is O=C1C(=Cc2ccc(N3CCOCC3)c([N+](=O)[O-])c2)C(=O)N(c2ccccc2)C(=O)N1c1ccccc1. The molecule has 2 heterocycles. The zero-order chi connectivity index (χ0) is 25.9. The van der Waals surface area contributed by atoms with Gasteiger partial charge >= 0.3 is 6.03 Å². The third-order valence-electron chi connectivity index (χ3n) is 6.14. The number of urea groups is 1. The van der Waals surface area contributed by atoms with Gasteiger partial charge in [0.25, 0.3) is 17.5 Å². The van der Waals surface area contributed by atoms with Gasteiger partial charge in [-0.1, -0.05) is 42.5 Å². The molecule has 0 spiro atoms. The second-order valence-electron chi connectivity index (χ2n) is 8.40. The number of hydrogen-bond donors (Lipinski definition) is 0.